The molecule has 2 N–H and O–H groups in total. The van der Waals surface area contributed by atoms with E-state index in [9.17, 15) is 22.0 Å². The molecule has 166 valence electrons. The lowest BCUT2D eigenvalue weighted by molar-refractivity contribution is 0.0940. The quantitative estimate of drug-likeness (QED) is 0.605. The van der Waals surface area contributed by atoms with Crippen LogP contribution in [0.1, 0.15) is 35.3 Å². The van der Waals surface area contributed by atoms with Gasteiger partial charge in [-0.3, -0.25) is 4.79 Å². The number of anilines is 2. The molecule has 0 radical (unpaired) electrons. The number of benzene rings is 2. The Bertz CT molecular complexity index is 1360. The molecule has 7 nitrogen and oxygen atoms in total. The molecule has 3 aromatic rings. The van der Waals surface area contributed by atoms with E-state index in [0.29, 0.717) is 17.3 Å². The molecule has 0 atom stereocenters. The molecule has 1 aromatic heterocycles. The number of rotatable bonds is 5. The highest BCUT2D eigenvalue weighted by Gasteiger charge is 2.35. The van der Waals surface area contributed by atoms with E-state index < -0.39 is 32.8 Å². The van der Waals surface area contributed by atoms with Crippen LogP contribution in [0.5, 0.6) is 0 Å². The molecule has 10 heteroatoms. The number of sulfone groups is 1. The number of hydrogen-bond acceptors (Lipinski definition) is 6. The fourth-order valence-electron chi connectivity index (χ4n) is 3.62. The molecule has 2 aromatic carbocycles. The second kappa shape index (κ2) is 7.63. The monoisotopic (exact) mass is 458 g/mol. The predicted molar refractivity (Wildman–Crippen MR) is 116 cm³/mol. The van der Waals surface area contributed by atoms with Crippen LogP contribution in [0, 0.1) is 11.6 Å². The van der Waals surface area contributed by atoms with E-state index in [-0.39, 0.29) is 23.1 Å². The van der Waals surface area contributed by atoms with Crippen LogP contribution in [0.25, 0.3) is 11.3 Å². The van der Waals surface area contributed by atoms with E-state index in [1.807, 2.05) is 19.9 Å². The molecule has 1 aliphatic rings. The van der Waals surface area contributed by atoms with Crippen LogP contribution in [0.15, 0.2) is 42.6 Å². The van der Waals surface area contributed by atoms with E-state index in [0.717, 1.165) is 23.4 Å². The number of amides is 1. The second-order valence-corrected chi connectivity index (χ2v) is 10.4. The minimum atomic E-state index is -3.51. The SMILES string of the molecule is CC1(C)NC(=O)c2ccc(-c3ccnc(Nc4cc(CS(C)(=O)=O)c(F)cc4F)n3)cc21. The summed E-state index contributed by atoms with van der Waals surface area (Å²) in [7, 11) is -3.51. The summed E-state index contributed by atoms with van der Waals surface area (Å²) in [4.78, 5) is 20.6. The van der Waals surface area contributed by atoms with Gasteiger partial charge in [-0.25, -0.2) is 27.2 Å². The minimum absolute atomic E-state index is 0.0484. The zero-order valence-corrected chi connectivity index (χ0v) is 18.3. The third-order valence-electron chi connectivity index (χ3n) is 5.12. The van der Waals surface area contributed by atoms with Crippen molar-refractivity contribution in [1.82, 2.24) is 15.3 Å². The van der Waals surface area contributed by atoms with E-state index in [2.05, 4.69) is 20.6 Å². The van der Waals surface area contributed by atoms with Crippen molar-refractivity contribution in [2.45, 2.75) is 25.1 Å². The van der Waals surface area contributed by atoms with Gasteiger partial charge in [0, 0.05) is 35.2 Å². The molecule has 1 amide bonds. The van der Waals surface area contributed by atoms with E-state index in [1.165, 1.54) is 6.20 Å². The number of nitrogens with one attached hydrogen (secondary N) is 2. The molecule has 0 fully saturated rings. The first-order valence-corrected chi connectivity index (χ1v) is 11.7. The lowest BCUT2D eigenvalue weighted by Crippen LogP contribution is -2.32. The Morgan fingerprint density at radius 3 is 2.56 bits per heavy atom. The fourth-order valence-corrected chi connectivity index (χ4v) is 4.41. The van der Waals surface area contributed by atoms with Crippen molar-refractivity contribution >= 4 is 27.4 Å². The number of aromatic nitrogens is 2. The number of hydrogen-bond donors (Lipinski definition) is 2. The summed E-state index contributed by atoms with van der Waals surface area (Å²) in [5.41, 5.74) is 1.86. The normalized spacial score (nSPS) is 14.7. The van der Waals surface area contributed by atoms with Crippen molar-refractivity contribution in [2.24, 2.45) is 0 Å². The zero-order chi connectivity index (χ0) is 23.3. The standard InChI is InChI=1S/C22H20F2N4O3S/c1-22(2)15-8-12(4-5-14(15)20(29)28-22)18-6-7-25-21(26-18)27-19-9-13(11-32(3,30)31)16(23)10-17(19)24/h4-10H,11H2,1-3H3,(H,28,29)(H,25,26,27). The molecule has 0 spiro atoms. The van der Waals surface area contributed by atoms with Crippen molar-refractivity contribution in [3.05, 3.63) is 70.9 Å². The van der Waals surface area contributed by atoms with Gasteiger partial charge >= 0.3 is 0 Å². The van der Waals surface area contributed by atoms with Gasteiger partial charge in [0.25, 0.3) is 5.91 Å². The molecular weight excluding hydrogens is 438 g/mol. The number of fused-ring (bicyclic) bond motifs is 1. The molecule has 0 saturated carbocycles. The van der Waals surface area contributed by atoms with Crippen LogP contribution in [0.2, 0.25) is 0 Å². The van der Waals surface area contributed by atoms with Gasteiger partial charge in [0.2, 0.25) is 5.95 Å². The summed E-state index contributed by atoms with van der Waals surface area (Å²) >= 11 is 0. The van der Waals surface area contributed by atoms with Crippen LogP contribution in [0.3, 0.4) is 0 Å². The Morgan fingerprint density at radius 1 is 1.09 bits per heavy atom. The molecule has 0 bridgehead atoms. The number of carbonyl (C=O) groups is 1. The third-order valence-corrected chi connectivity index (χ3v) is 5.95. The maximum atomic E-state index is 14.3. The Hall–Kier alpha value is -3.40. The van der Waals surface area contributed by atoms with Crippen LogP contribution in [0.4, 0.5) is 20.4 Å². The van der Waals surface area contributed by atoms with Gasteiger partial charge < -0.3 is 10.6 Å². The molecule has 4 rings (SSSR count). The maximum absolute atomic E-state index is 14.3. The first kappa shape index (κ1) is 21.8. The highest BCUT2D eigenvalue weighted by atomic mass is 32.2. The molecule has 32 heavy (non-hydrogen) atoms. The average Bonchev–Trinajstić information content (AvgIpc) is 2.93. The lowest BCUT2D eigenvalue weighted by Gasteiger charge is -2.19. The van der Waals surface area contributed by atoms with Gasteiger partial charge in [0.15, 0.2) is 9.84 Å². The lowest BCUT2D eigenvalue weighted by atomic mass is 9.92. The van der Waals surface area contributed by atoms with Crippen molar-refractivity contribution in [2.75, 3.05) is 11.6 Å². The summed E-state index contributed by atoms with van der Waals surface area (Å²) in [6, 6.07) is 8.73. The molecule has 0 unspecified atom stereocenters. The highest BCUT2D eigenvalue weighted by Crippen LogP contribution is 2.34. The summed E-state index contributed by atoms with van der Waals surface area (Å²) in [5.74, 6) is -2.51. The van der Waals surface area contributed by atoms with Gasteiger partial charge in [-0.15, -0.1) is 0 Å². The van der Waals surface area contributed by atoms with Crippen molar-refractivity contribution in [1.29, 1.82) is 0 Å². The smallest absolute Gasteiger partial charge is 0.252 e. The van der Waals surface area contributed by atoms with Crippen LogP contribution in [-0.4, -0.2) is 30.5 Å². The van der Waals surface area contributed by atoms with E-state index in [4.69, 9.17) is 0 Å². The summed E-state index contributed by atoms with van der Waals surface area (Å²) in [6.07, 6.45) is 2.45. The Morgan fingerprint density at radius 2 is 1.84 bits per heavy atom. The van der Waals surface area contributed by atoms with Gasteiger partial charge in [0.1, 0.15) is 11.6 Å². The summed E-state index contributed by atoms with van der Waals surface area (Å²) < 4.78 is 51.3. The number of nitrogens with zero attached hydrogens (tertiary/aromatic N) is 2. The molecular formula is C22H20F2N4O3S. The van der Waals surface area contributed by atoms with Crippen molar-refractivity contribution < 1.29 is 22.0 Å². The number of carbonyl (C=O) groups excluding carboxylic acids is 1. The molecule has 0 saturated heterocycles. The third kappa shape index (κ3) is 4.31. The Kier molecular flexibility index (Phi) is 5.20. The highest BCUT2D eigenvalue weighted by molar-refractivity contribution is 7.89. The first-order chi connectivity index (χ1) is 14.9. The summed E-state index contributed by atoms with van der Waals surface area (Å²) in [6.45, 7) is 3.80. The Labute approximate surface area is 183 Å². The van der Waals surface area contributed by atoms with Gasteiger partial charge in [-0.05, 0) is 43.7 Å². The summed E-state index contributed by atoms with van der Waals surface area (Å²) in [5, 5.41) is 5.60. The molecule has 2 heterocycles. The van der Waals surface area contributed by atoms with Crippen LogP contribution < -0.4 is 10.6 Å². The fraction of sp³-hybridized carbons (Fsp3) is 0.227. The van der Waals surface area contributed by atoms with Crippen molar-refractivity contribution in [3.63, 3.8) is 0 Å². The average molecular weight is 458 g/mol. The van der Waals surface area contributed by atoms with Gasteiger partial charge in [0.05, 0.1) is 22.7 Å². The van der Waals surface area contributed by atoms with Crippen LogP contribution >= 0.6 is 0 Å². The molecule has 0 aliphatic carbocycles. The van der Waals surface area contributed by atoms with Gasteiger partial charge in [-0.2, -0.15) is 0 Å². The topological polar surface area (TPSA) is 101 Å². The largest absolute Gasteiger partial charge is 0.343 e. The second-order valence-electron chi connectivity index (χ2n) is 8.22. The van der Waals surface area contributed by atoms with Crippen molar-refractivity contribution in [3.8, 4) is 11.3 Å². The minimum Gasteiger partial charge on any atom is -0.343 e. The van der Waals surface area contributed by atoms with E-state index in [1.54, 1.807) is 18.2 Å². The maximum Gasteiger partial charge on any atom is 0.252 e. The first-order valence-electron chi connectivity index (χ1n) is 9.66. The Balaban J connectivity index is 1.67. The predicted octanol–water partition coefficient (Wildman–Crippen LogP) is 3.69. The van der Waals surface area contributed by atoms with Gasteiger partial charge in [-0.1, -0.05) is 6.07 Å². The van der Waals surface area contributed by atoms with Crippen LogP contribution in [-0.2, 0) is 21.1 Å². The zero-order valence-electron chi connectivity index (χ0n) is 17.5. The number of halogens is 2. The molecule has 1 aliphatic heterocycles. The van der Waals surface area contributed by atoms with E-state index >= 15 is 0 Å².